The van der Waals surface area contributed by atoms with Crippen molar-refractivity contribution in [3.8, 4) is 0 Å². The highest BCUT2D eigenvalue weighted by molar-refractivity contribution is 5.83. The quantitative estimate of drug-likeness (QED) is 0.272. The maximum atomic E-state index is 11.4. The van der Waals surface area contributed by atoms with Gasteiger partial charge in [-0.15, -0.1) is 0 Å². The van der Waals surface area contributed by atoms with E-state index in [0.717, 1.165) is 6.42 Å². The SMILES string of the molecule is CCCC(=O)OCC(C)(COC)C(C)=O.CCOCCCC(=O)OCC(C)(CO)C(C)=O. The van der Waals surface area contributed by atoms with Crippen molar-refractivity contribution < 1.29 is 43.2 Å². The van der Waals surface area contributed by atoms with Crippen molar-refractivity contribution >= 4 is 23.5 Å². The van der Waals surface area contributed by atoms with Gasteiger partial charge in [-0.05, 0) is 47.5 Å². The molecule has 0 aromatic carbocycles. The number of ether oxygens (including phenoxy) is 4. The first-order valence-corrected chi connectivity index (χ1v) is 10.9. The molecule has 2 unspecified atom stereocenters. The fraction of sp³-hybridized carbons (Fsp3) is 0.826. The Hall–Kier alpha value is -1.84. The lowest BCUT2D eigenvalue weighted by Gasteiger charge is -2.25. The van der Waals surface area contributed by atoms with E-state index >= 15 is 0 Å². The van der Waals surface area contributed by atoms with Crippen LogP contribution in [0.25, 0.3) is 0 Å². The number of ketones is 2. The van der Waals surface area contributed by atoms with E-state index < -0.39 is 10.8 Å². The first-order valence-electron chi connectivity index (χ1n) is 10.9. The van der Waals surface area contributed by atoms with E-state index in [1.54, 1.807) is 13.8 Å². The Kier molecular flexibility index (Phi) is 17.9. The molecule has 0 aliphatic heterocycles. The van der Waals surface area contributed by atoms with Gasteiger partial charge in [-0.1, -0.05) is 6.92 Å². The summed E-state index contributed by atoms with van der Waals surface area (Å²) in [5.74, 6) is -0.859. The van der Waals surface area contributed by atoms with Crippen molar-refractivity contribution in [3.05, 3.63) is 0 Å². The van der Waals surface area contributed by atoms with Gasteiger partial charge in [0.2, 0.25) is 0 Å². The van der Waals surface area contributed by atoms with Crippen LogP contribution < -0.4 is 0 Å². The predicted octanol–water partition coefficient (Wildman–Crippen LogP) is 2.51. The minimum atomic E-state index is -0.990. The zero-order valence-corrected chi connectivity index (χ0v) is 20.8. The summed E-state index contributed by atoms with van der Waals surface area (Å²) in [5, 5.41) is 9.08. The monoisotopic (exact) mass is 462 g/mol. The summed E-state index contributed by atoms with van der Waals surface area (Å²) < 4.78 is 20.0. The number of carbonyl (C=O) groups is 4. The summed E-state index contributed by atoms with van der Waals surface area (Å²) in [6, 6.07) is 0. The third-order valence-corrected chi connectivity index (χ3v) is 4.94. The lowest BCUT2D eigenvalue weighted by atomic mass is 9.88. The Bertz CT molecular complexity index is 576. The predicted molar refractivity (Wildman–Crippen MR) is 119 cm³/mol. The molecule has 9 nitrogen and oxygen atoms in total. The molecule has 1 N–H and O–H groups in total. The van der Waals surface area contributed by atoms with E-state index in [9.17, 15) is 19.2 Å². The van der Waals surface area contributed by atoms with Crippen molar-refractivity contribution in [2.24, 2.45) is 10.8 Å². The fourth-order valence-electron chi connectivity index (χ4n) is 2.11. The van der Waals surface area contributed by atoms with E-state index in [4.69, 9.17) is 24.1 Å². The second-order valence-electron chi connectivity index (χ2n) is 8.20. The lowest BCUT2D eigenvalue weighted by Crippen LogP contribution is -2.36. The Labute approximate surface area is 192 Å². The number of carbonyl (C=O) groups excluding carboxylic acids is 4. The summed E-state index contributed by atoms with van der Waals surface area (Å²) in [6.45, 7) is 11.1. The van der Waals surface area contributed by atoms with Crippen LogP contribution in [-0.2, 0) is 38.1 Å². The van der Waals surface area contributed by atoms with Crippen molar-refractivity contribution in [3.63, 3.8) is 0 Å². The largest absolute Gasteiger partial charge is 0.465 e. The number of aliphatic hydroxyl groups excluding tert-OH is 1. The van der Waals surface area contributed by atoms with Crippen LogP contribution in [0.3, 0.4) is 0 Å². The molecule has 2 atom stereocenters. The molecule has 0 fully saturated rings. The standard InChI is InChI=1S/C12H22O5.C11H20O4/c1-4-16-7-5-6-11(15)17-9-12(3,8-13)10(2)14;1-5-6-10(13)15-8-11(3,7-14-4)9(2)12/h13H,4-9H2,1-3H3;5-8H2,1-4H3. The highest BCUT2D eigenvalue weighted by atomic mass is 16.5. The number of hydrogen-bond donors (Lipinski definition) is 1. The molecule has 0 radical (unpaired) electrons. The zero-order valence-electron chi connectivity index (χ0n) is 20.8. The maximum Gasteiger partial charge on any atom is 0.305 e. The third-order valence-electron chi connectivity index (χ3n) is 4.94. The molecule has 0 saturated carbocycles. The van der Waals surface area contributed by atoms with Gasteiger partial charge >= 0.3 is 11.9 Å². The van der Waals surface area contributed by atoms with Crippen LogP contribution in [0, 0.1) is 10.8 Å². The summed E-state index contributed by atoms with van der Waals surface area (Å²) >= 11 is 0. The topological polar surface area (TPSA) is 125 Å². The van der Waals surface area contributed by atoms with Gasteiger partial charge in [0.15, 0.2) is 0 Å². The Morgan fingerprint density at radius 1 is 0.812 bits per heavy atom. The molecule has 0 bridgehead atoms. The number of esters is 2. The number of rotatable bonds is 16. The first kappa shape index (κ1) is 32.3. The van der Waals surface area contributed by atoms with Gasteiger partial charge in [0.05, 0.1) is 24.0 Å². The summed E-state index contributed by atoms with van der Waals surface area (Å²) in [7, 11) is 1.52. The molecule has 0 aliphatic rings. The van der Waals surface area contributed by atoms with Crippen molar-refractivity contribution in [2.45, 2.75) is 67.2 Å². The van der Waals surface area contributed by atoms with Crippen LogP contribution in [0.1, 0.15) is 67.2 Å². The maximum absolute atomic E-state index is 11.4. The first-order chi connectivity index (χ1) is 14.9. The average Bonchev–Trinajstić information content (AvgIpc) is 2.74. The van der Waals surface area contributed by atoms with E-state index in [0.29, 0.717) is 26.1 Å². The Morgan fingerprint density at radius 3 is 1.72 bits per heavy atom. The van der Waals surface area contributed by atoms with Gasteiger partial charge in [0.1, 0.15) is 24.8 Å². The van der Waals surface area contributed by atoms with Crippen LogP contribution in [0.5, 0.6) is 0 Å². The van der Waals surface area contributed by atoms with Crippen molar-refractivity contribution in [2.75, 3.05) is 46.8 Å². The minimum Gasteiger partial charge on any atom is -0.465 e. The van der Waals surface area contributed by atoms with Gasteiger partial charge < -0.3 is 24.1 Å². The molecule has 0 saturated heterocycles. The summed E-state index contributed by atoms with van der Waals surface area (Å²) in [6.07, 6.45) is 2.00. The molecule has 0 aromatic rings. The molecule has 32 heavy (non-hydrogen) atoms. The zero-order chi connectivity index (χ0) is 25.2. The molecule has 0 rings (SSSR count). The molecule has 0 aromatic heterocycles. The molecule has 0 amide bonds. The van der Waals surface area contributed by atoms with Crippen LogP contribution in [0.15, 0.2) is 0 Å². The Balaban J connectivity index is 0. The van der Waals surface area contributed by atoms with Crippen molar-refractivity contribution in [1.29, 1.82) is 0 Å². The molecular weight excluding hydrogens is 420 g/mol. The lowest BCUT2D eigenvalue weighted by molar-refractivity contribution is -0.152. The van der Waals surface area contributed by atoms with Crippen LogP contribution in [-0.4, -0.2) is 75.4 Å². The molecule has 0 heterocycles. The van der Waals surface area contributed by atoms with Crippen molar-refractivity contribution in [1.82, 2.24) is 0 Å². The molecule has 188 valence electrons. The van der Waals surface area contributed by atoms with Gasteiger partial charge in [-0.25, -0.2) is 0 Å². The van der Waals surface area contributed by atoms with E-state index in [-0.39, 0.29) is 56.4 Å². The van der Waals surface area contributed by atoms with E-state index in [1.165, 1.54) is 21.0 Å². The van der Waals surface area contributed by atoms with Gasteiger partial charge in [-0.3, -0.25) is 19.2 Å². The summed E-state index contributed by atoms with van der Waals surface area (Å²) in [5.41, 5.74) is -1.71. The second kappa shape index (κ2) is 17.7. The fourth-order valence-corrected chi connectivity index (χ4v) is 2.11. The van der Waals surface area contributed by atoms with E-state index in [1.807, 2.05) is 13.8 Å². The highest BCUT2D eigenvalue weighted by Crippen LogP contribution is 2.19. The molecule has 9 heteroatoms. The number of methoxy groups -OCH3 is 1. The van der Waals surface area contributed by atoms with Crippen LogP contribution in [0.2, 0.25) is 0 Å². The minimum absolute atomic E-state index is 0.0337. The van der Waals surface area contributed by atoms with E-state index in [2.05, 4.69) is 0 Å². The Morgan fingerprint density at radius 2 is 1.31 bits per heavy atom. The van der Waals surface area contributed by atoms with Gasteiger partial charge in [0.25, 0.3) is 0 Å². The molecule has 0 spiro atoms. The second-order valence-corrected chi connectivity index (χ2v) is 8.20. The van der Waals surface area contributed by atoms with Gasteiger partial charge in [-0.2, -0.15) is 0 Å². The smallest absolute Gasteiger partial charge is 0.305 e. The van der Waals surface area contributed by atoms with Gasteiger partial charge in [0, 0.05) is 33.2 Å². The number of hydrogen-bond acceptors (Lipinski definition) is 9. The average molecular weight is 463 g/mol. The molecular formula is C23H42O9. The summed E-state index contributed by atoms with van der Waals surface area (Å²) in [4.78, 5) is 45.1. The number of aliphatic hydroxyl groups is 1. The number of Topliss-reactive ketones (excluding diaryl/α,β-unsaturated/α-hetero) is 2. The van der Waals surface area contributed by atoms with Crippen LogP contribution >= 0.6 is 0 Å². The molecule has 0 aliphatic carbocycles. The third kappa shape index (κ3) is 14.3. The highest BCUT2D eigenvalue weighted by Gasteiger charge is 2.32. The van der Waals surface area contributed by atoms with Crippen LogP contribution in [0.4, 0.5) is 0 Å². The normalized spacial score (nSPS) is 14.2.